The van der Waals surface area contributed by atoms with E-state index in [2.05, 4.69) is 20.6 Å². The molecule has 5 nitrogen and oxygen atoms in total. The van der Waals surface area contributed by atoms with Gasteiger partial charge in [-0.3, -0.25) is 0 Å². The van der Waals surface area contributed by atoms with Crippen molar-refractivity contribution in [2.75, 3.05) is 6.61 Å². The molecule has 0 bridgehead atoms. The second-order valence-corrected chi connectivity index (χ2v) is 4.54. The van der Waals surface area contributed by atoms with Crippen LogP contribution in [-0.2, 0) is 0 Å². The minimum absolute atomic E-state index is 0.528. The highest BCUT2D eigenvalue weighted by molar-refractivity contribution is 6.32. The third-order valence-electron chi connectivity index (χ3n) is 2.71. The van der Waals surface area contributed by atoms with Gasteiger partial charge in [0.1, 0.15) is 5.75 Å². The van der Waals surface area contributed by atoms with Crippen molar-refractivity contribution in [1.82, 2.24) is 20.6 Å². The van der Waals surface area contributed by atoms with E-state index in [-0.39, 0.29) is 0 Å². The van der Waals surface area contributed by atoms with Gasteiger partial charge in [0.05, 0.1) is 11.6 Å². The van der Waals surface area contributed by atoms with E-state index in [1.165, 1.54) is 12.8 Å². The number of benzene rings is 1. The molecule has 1 aliphatic rings. The molecule has 1 heterocycles. The summed E-state index contributed by atoms with van der Waals surface area (Å²) in [6.45, 7) is 0.751. The quantitative estimate of drug-likeness (QED) is 0.904. The van der Waals surface area contributed by atoms with E-state index < -0.39 is 0 Å². The molecule has 0 radical (unpaired) electrons. The van der Waals surface area contributed by atoms with Gasteiger partial charge < -0.3 is 4.74 Å². The molecule has 1 aromatic heterocycles. The summed E-state index contributed by atoms with van der Waals surface area (Å²) in [6.07, 6.45) is 2.52. The largest absolute Gasteiger partial charge is 0.492 e. The Kier molecular flexibility index (Phi) is 2.68. The Morgan fingerprint density at radius 1 is 1.41 bits per heavy atom. The number of halogens is 1. The highest BCUT2D eigenvalue weighted by atomic mass is 35.5. The standard InChI is InChI=1S/C11H11ClN4O/c12-9-5-8(11-13-15-16-14-11)3-4-10(9)17-6-7-1-2-7/h3-5,7H,1-2,6H2,(H,13,14,15,16). The van der Waals surface area contributed by atoms with Gasteiger partial charge in [0.25, 0.3) is 0 Å². The van der Waals surface area contributed by atoms with Crippen LogP contribution in [0.3, 0.4) is 0 Å². The van der Waals surface area contributed by atoms with Crippen LogP contribution in [0.2, 0.25) is 5.02 Å². The number of ether oxygens (including phenoxy) is 1. The van der Waals surface area contributed by atoms with Gasteiger partial charge in [0.15, 0.2) is 0 Å². The molecule has 1 N–H and O–H groups in total. The van der Waals surface area contributed by atoms with Crippen molar-refractivity contribution in [2.24, 2.45) is 5.92 Å². The van der Waals surface area contributed by atoms with E-state index in [4.69, 9.17) is 16.3 Å². The van der Waals surface area contributed by atoms with Crippen molar-refractivity contribution < 1.29 is 4.74 Å². The SMILES string of the molecule is Clc1cc(-c2nn[nH]n2)ccc1OCC1CC1. The Morgan fingerprint density at radius 2 is 2.29 bits per heavy atom. The molecule has 1 fully saturated rings. The molecule has 1 saturated carbocycles. The maximum Gasteiger partial charge on any atom is 0.204 e. The van der Waals surface area contributed by atoms with Gasteiger partial charge in [-0.05, 0) is 42.2 Å². The number of nitrogens with zero attached hydrogens (tertiary/aromatic N) is 3. The van der Waals surface area contributed by atoms with Crippen molar-refractivity contribution in [3.63, 3.8) is 0 Å². The summed E-state index contributed by atoms with van der Waals surface area (Å²) in [6, 6.07) is 5.50. The van der Waals surface area contributed by atoms with Crippen molar-refractivity contribution in [2.45, 2.75) is 12.8 Å². The van der Waals surface area contributed by atoms with E-state index in [1.54, 1.807) is 6.07 Å². The van der Waals surface area contributed by atoms with Crippen LogP contribution in [0.25, 0.3) is 11.4 Å². The van der Waals surface area contributed by atoms with E-state index in [1.807, 2.05) is 12.1 Å². The fourth-order valence-corrected chi connectivity index (χ4v) is 1.77. The molecule has 0 saturated heterocycles. The van der Waals surface area contributed by atoms with E-state index >= 15 is 0 Å². The van der Waals surface area contributed by atoms with E-state index in [9.17, 15) is 0 Å². The lowest BCUT2D eigenvalue weighted by molar-refractivity contribution is 0.300. The summed E-state index contributed by atoms with van der Waals surface area (Å²) in [5.74, 6) is 1.95. The normalized spacial score (nSPS) is 14.9. The zero-order chi connectivity index (χ0) is 11.7. The fraction of sp³-hybridized carbons (Fsp3) is 0.364. The minimum Gasteiger partial charge on any atom is -0.492 e. The first kappa shape index (κ1) is 10.5. The molecular weight excluding hydrogens is 240 g/mol. The summed E-state index contributed by atoms with van der Waals surface area (Å²) in [5, 5.41) is 14.3. The lowest BCUT2D eigenvalue weighted by Crippen LogP contribution is -1.99. The number of H-pyrrole nitrogens is 1. The number of hydrogen-bond donors (Lipinski definition) is 1. The Morgan fingerprint density at radius 3 is 2.94 bits per heavy atom. The van der Waals surface area contributed by atoms with E-state index in [0.29, 0.717) is 22.5 Å². The zero-order valence-corrected chi connectivity index (χ0v) is 9.81. The molecule has 0 aliphatic heterocycles. The molecular formula is C11H11ClN4O. The van der Waals surface area contributed by atoms with Gasteiger partial charge in [-0.1, -0.05) is 11.6 Å². The van der Waals surface area contributed by atoms with Gasteiger partial charge in [-0.25, -0.2) is 0 Å². The topological polar surface area (TPSA) is 63.7 Å². The van der Waals surface area contributed by atoms with Crippen LogP contribution in [0.1, 0.15) is 12.8 Å². The Bertz CT molecular complexity index is 510. The van der Waals surface area contributed by atoms with Gasteiger partial charge in [0, 0.05) is 5.56 Å². The maximum atomic E-state index is 6.14. The van der Waals surface area contributed by atoms with Crippen molar-refractivity contribution in [3.05, 3.63) is 23.2 Å². The smallest absolute Gasteiger partial charge is 0.204 e. The van der Waals surface area contributed by atoms with Crippen molar-refractivity contribution in [3.8, 4) is 17.1 Å². The van der Waals surface area contributed by atoms with Crippen LogP contribution < -0.4 is 4.74 Å². The second-order valence-electron chi connectivity index (χ2n) is 4.13. The first-order chi connectivity index (χ1) is 8.33. The van der Waals surface area contributed by atoms with Crippen molar-refractivity contribution >= 4 is 11.6 Å². The van der Waals surface area contributed by atoms with Crippen molar-refractivity contribution in [1.29, 1.82) is 0 Å². The number of rotatable bonds is 4. The highest BCUT2D eigenvalue weighted by Crippen LogP contribution is 2.33. The molecule has 0 amide bonds. The minimum atomic E-state index is 0.528. The molecule has 1 aromatic carbocycles. The number of aromatic nitrogens is 4. The lowest BCUT2D eigenvalue weighted by Gasteiger charge is -2.07. The molecule has 1 aliphatic carbocycles. The Hall–Kier alpha value is -1.62. The molecule has 2 aromatic rings. The predicted molar refractivity (Wildman–Crippen MR) is 62.8 cm³/mol. The first-order valence-corrected chi connectivity index (χ1v) is 5.87. The van der Waals surface area contributed by atoms with Gasteiger partial charge in [0.2, 0.25) is 5.82 Å². The predicted octanol–water partition coefficient (Wildman–Crippen LogP) is 2.31. The summed E-state index contributed by atoms with van der Waals surface area (Å²) >= 11 is 6.14. The summed E-state index contributed by atoms with van der Waals surface area (Å²) in [5.41, 5.74) is 0.822. The summed E-state index contributed by atoms with van der Waals surface area (Å²) in [7, 11) is 0. The van der Waals surface area contributed by atoms with E-state index in [0.717, 1.165) is 12.2 Å². The molecule has 0 unspecified atom stereocenters. The van der Waals surface area contributed by atoms with Crippen LogP contribution in [0.4, 0.5) is 0 Å². The molecule has 0 spiro atoms. The molecule has 88 valence electrons. The number of tetrazole rings is 1. The maximum absolute atomic E-state index is 6.14. The van der Waals surface area contributed by atoms with Crippen LogP contribution in [-0.4, -0.2) is 27.2 Å². The number of hydrogen-bond acceptors (Lipinski definition) is 4. The van der Waals surface area contributed by atoms with Crippen LogP contribution in [0, 0.1) is 5.92 Å². The average Bonchev–Trinajstić information content (AvgIpc) is 3.00. The Labute approximate surface area is 103 Å². The first-order valence-electron chi connectivity index (χ1n) is 5.49. The third kappa shape index (κ3) is 2.39. The zero-order valence-electron chi connectivity index (χ0n) is 9.06. The fourth-order valence-electron chi connectivity index (χ4n) is 1.53. The Balaban J connectivity index is 1.78. The third-order valence-corrected chi connectivity index (χ3v) is 3.00. The van der Waals surface area contributed by atoms with Gasteiger partial charge in [-0.15, -0.1) is 10.2 Å². The van der Waals surface area contributed by atoms with Crippen LogP contribution >= 0.6 is 11.6 Å². The molecule has 6 heteroatoms. The lowest BCUT2D eigenvalue weighted by atomic mass is 10.2. The summed E-state index contributed by atoms with van der Waals surface area (Å²) in [4.78, 5) is 0. The van der Waals surface area contributed by atoms with Crippen LogP contribution in [0.15, 0.2) is 18.2 Å². The summed E-state index contributed by atoms with van der Waals surface area (Å²) < 4.78 is 5.64. The number of nitrogens with one attached hydrogen (secondary N) is 1. The molecule has 17 heavy (non-hydrogen) atoms. The average molecular weight is 251 g/mol. The monoisotopic (exact) mass is 250 g/mol. The van der Waals surface area contributed by atoms with Gasteiger partial charge >= 0.3 is 0 Å². The molecule has 0 atom stereocenters. The van der Waals surface area contributed by atoms with Gasteiger partial charge in [-0.2, -0.15) is 5.21 Å². The van der Waals surface area contributed by atoms with Crippen LogP contribution in [0.5, 0.6) is 5.75 Å². The highest BCUT2D eigenvalue weighted by Gasteiger charge is 2.22. The second kappa shape index (κ2) is 4.33. The number of aromatic amines is 1. The molecule has 3 rings (SSSR count).